The highest BCUT2D eigenvalue weighted by Gasteiger charge is 2.72. The van der Waals surface area contributed by atoms with Crippen LogP contribution in [0, 0.1) is 22.6 Å². The molecule has 2 fully saturated rings. The van der Waals surface area contributed by atoms with Gasteiger partial charge in [0.25, 0.3) is 0 Å². The molecule has 1 aromatic carbocycles. The normalized spacial score (nSPS) is 29.0. The fourth-order valence-electron chi connectivity index (χ4n) is 4.02. The average molecular weight is 303 g/mol. The van der Waals surface area contributed by atoms with Crippen molar-refractivity contribution in [2.75, 3.05) is 0 Å². The SMILES string of the molecule is CC1(C)[C@H]2CC[C@@]1(C(=O)NCc1ccc(F)cc1)C(=O)C2=O. The number of ketones is 2. The van der Waals surface area contributed by atoms with Gasteiger partial charge in [-0.25, -0.2) is 4.39 Å². The highest BCUT2D eigenvalue weighted by Crippen LogP contribution is 2.62. The van der Waals surface area contributed by atoms with E-state index in [0.29, 0.717) is 12.8 Å². The van der Waals surface area contributed by atoms with Gasteiger partial charge in [-0.05, 0) is 36.0 Å². The van der Waals surface area contributed by atoms with Crippen LogP contribution in [0.4, 0.5) is 4.39 Å². The molecule has 0 radical (unpaired) electrons. The maximum absolute atomic E-state index is 12.9. The Labute approximate surface area is 128 Å². The van der Waals surface area contributed by atoms with Crippen molar-refractivity contribution in [3.05, 3.63) is 35.6 Å². The first kappa shape index (κ1) is 14.9. The number of hydrogen-bond acceptors (Lipinski definition) is 3. The van der Waals surface area contributed by atoms with Crippen LogP contribution in [0.5, 0.6) is 0 Å². The number of benzene rings is 1. The summed E-state index contributed by atoms with van der Waals surface area (Å²) in [7, 11) is 0. The van der Waals surface area contributed by atoms with Crippen LogP contribution in [0.3, 0.4) is 0 Å². The van der Waals surface area contributed by atoms with Gasteiger partial charge in [-0.15, -0.1) is 0 Å². The summed E-state index contributed by atoms with van der Waals surface area (Å²) in [6, 6.07) is 5.80. The Morgan fingerprint density at radius 1 is 1.27 bits per heavy atom. The van der Waals surface area contributed by atoms with Crippen molar-refractivity contribution >= 4 is 17.5 Å². The Kier molecular flexibility index (Phi) is 3.20. The molecule has 4 nitrogen and oxygen atoms in total. The Balaban J connectivity index is 1.81. The first-order valence-electron chi connectivity index (χ1n) is 7.42. The topological polar surface area (TPSA) is 63.2 Å². The first-order chi connectivity index (χ1) is 10.3. The highest BCUT2D eigenvalue weighted by molar-refractivity contribution is 6.47. The van der Waals surface area contributed by atoms with Gasteiger partial charge in [-0.2, -0.15) is 0 Å². The minimum absolute atomic E-state index is 0.211. The van der Waals surface area contributed by atoms with Crippen LogP contribution >= 0.6 is 0 Å². The second kappa shape index (κ2) is 4.73. The van der Waals surface area contributed by atoms with Gasteiger partial charge in [0, 0.05) is 12.5 Å². The Morgan fingerprint density at radius 3 is 2.45 bits per heavy atom. The van der Waals surface area contributed by atoms with Gasteiger partial charge in [0.15, 0.2) is 0 Å². The molecule has 1 N–H and O–H groups in total. The fourth-order valence-corrected chi connectivity index (χ4v) is 4.02. The molecule has 5 heteroatoms. The van der Waals surface area contributed by atoms with E-state index in [2.05, 4.69) is 5.32 Å². The minimum Gasteiger partial charge on any atom is -0.351 e. The molecule has 1 aromatic rings. The molecule has 2 bridgehead atoms. The molecule has 2 aliphatic carbocycles. The second-order valence-electron chi connectivity index (χ2n) is 6.72. The fraction of sp³-hybridized carbons (Fsp3) is 0.471. The van der Waals surface area contributed by atoms with E-state index in [-0.39, 0.29) is 24.2 Å². The van der Waals surface area contributed by atoms with E-state index >= 15 is 0 Å². The van der Waals surface area contributed by atoms with Crippen LogP contribution < -0.4 is 5.32 Å². The number of hydrogen-bond donors (Lipinski definition) is 1. The summed E-state index contributed by atoms with van der Waals surface area (Å²) in [4.78, 5) is 37.1. The Bertz CT molecular complexity index is 665. The van der Waals surface area contributed by atoms with Crippen molar-refractivity contribution in [2.24, 2.45) is 16.7 Å². The quantitative estimate of drug-likeness (QED) is 0.686. The third-order valence-electron chi connectivity index (χ3n) is 5.46. The van der Waals surface area contributed by atoms with E-state index in [1.165, 1.54) is 12.1 Å². The van der Waals surface area contributed by atoms with Gasteiger partial charge < -0.3 is 5.32 Å². The van der Waals surface area contributed by atoms with Crippen LogP contribution in [0.2, 0.25) is 0 Å². The Hall–Kier alpha value is -2.04. The molecule has 0 saturated heterocycles. The van der Waals surface area contributed by atoms with Crippen molar-refractivity contribution in [1.82, 2.24) is 5.32 Å². The number of amides is 1. The number of fused-ring (bicyclic) bond motifs is 2. The van der Waals surface area contributed by atoms with E-state index in [4.69, 9.17) is 0 Å². The number of carbonyl (C=O) groups is 3. The molecule has 3 rings (SSSR count). The molecular formula is C17H18FNO3. The van der Waals surface area contributed by atoms with Gasteiger partial charge in [-0.1, -0.05) is 26.0 Å². The lowest BCUT2D eigenvalue weighted by Gasteiger charge is -2.33. The summed E-state index contributed by atoms with van der Waals surface area (Å²) in [5.41, 5.74) is -1.14. The van der Waals surface area contributed by atoms with Crippen molar-refractivity contribution < 1.29 is 18.8 Å². The minimum atomic E-state index is -1.24. The summed E-state index contributed by atoms with van der Waals surface area (Å²) in [5, 5.41) is 2.75. The number of carbonyl (C=O) groups excluding carboxylic acids is 3. The molecule has 2 saturated carbocycles. The van der Waals surface area contributed by atoms with Gasteiger partial charge in [0.05, 0.1) is 0 Å². The zero-order chi connectivity index (χ0) is 16.1. The zero-order valence-electron chi connectivity index (χ0n) is 12.6. The van der Waals surface area contributed by atoms with Crippen molar-refractivity contribution in [2.45, 2.75) is 33.2 Å². The monoisotopic (exact) mass is 303 g/mol. The predicted octanol–water partition coefficient (Wildman–Crippen LogP) is 2.02. The average Bonchev–Trinajstić information content (AvgIpc) is 2.83. The number of nitrogens with one attached hydrogen (secondary N) is 1. The van der Waals surface area contributed by atoms with E-state index in [9.17, 15) is 18.8 Å². The summed E-state index contributed by atoms with van der Waals surface area (Å²) < 4.78 is 12.9. The Morgan fingerprint density at radius 2 is 1.91 bits per heavy atom. The lowest BCUT2D eigenvalue weighted by molar-refractivity contribution is -0.149. The van der Waals surface area contributed by atoms with Crippen LogP contribution in [0.1, 0.15) is 32.3 Å². The first-order valence-corrected chi connectivity index (χ1v) is 7.42. The van der Waals surface area contributed by atoms with Crippen LogP contribution in [0.25, 0.3) is 0 Å². The largest absolute Gasteiger partial charge is 0.351 e. The van der Waals surface area contributed by atoms with E-state index in [0.717, 1.165) is 5.56 Å². The maximum atomic E-state index is 12.9. The molecule has 0 spiro atoms. The van der Waals surface area contributed by atoms with Crippen LogP contribution in [-0.4, -0.2) is 17.5 Å². The molecule has 0 heterocycles. The van der Waals surface area contributed by atoms with Gasteiger partial charge >= 0.3 is 0 Å². The smallest absolute Gasteiger partial charge is 0.235 e. The second-order valence-corrected chi connectivity index (χ2v) is 6.72. The van der Waals surface area contributed by atoms with E-state index in [1.807, 2.05) is 13.8 Å². The molecule has 2 aliphatic rings. The van der Waals surface area contributed by atoms with Gasteiger partial charge in [0.2, 0.25) is 17.5 Å². The summed E-state index contributed by atoms with van der Waals surface area (Å²) in [6.07, 6.45) is 1.01. The lowest BCUT2D eigenvalue weighted by Crippen LogP contribution is -2.50. The third-order valence-corrected chi connectivity index (χ3v) is 5.46. The van der Waals surface area contributed by atoms with E-state index < -0.39 is 22.4 Å². The number of Topliss-reactive ketones (excluding diaryl/α,β-unsaturated/α-hetero) is 2. The third kappa shape index (κ3) is 1.77. The van der Waals surface area contributed by atoms with Crippen molar-refractivity contribution in [3.63, 3.8) is 0 Å². The molecule has 0 aliphatic heterocycles. The number of halogens is 1. The highest BCUT2D eigenvalue weighted by atomic mass is 19.1. The molecule has 22 heavy (non-hydrogen) atoms. The summed E-state index contributed by atoms with van der Waals surface area (Å²) >= 11 is 0. The summed E-state index contributed by atoms with van der Waals surface area (Å²) in [5.74, 6) is -2.04. The van der Waals surface area contributed by atoms with Crippen LogP contribution in [-0.2, 0) is 20.9 Å². The lowest BCUT2D eigenvalue weighted by atomic mass is 9.68. The molecule has 0 unspecified atom stereocenters. The predicted molar refractivity (Wildman–Crippen MR) is 77.2 cm³/mol. The zero-order valence-corrected chi connectivity index (χ0v) is 12.6. The maximum Gasteiger partial charge on any atom is 0.235 e. The standard InChI is InChI=1S/C17H18FNO3/c1-16(2)12-7-8-17(16,14(21)13(12)20)15(22)19-9-10-3-5-11(18)6-4-10/h3-6,12H,7-9H2,1-2H3,(H,19,22)/t12-,17-/m0/s1. The molecule has 0 aromatic heterocycles. The molecule has 2 atom stereocenters. The molecule has 116 valence electrons. The summed E-state index contributed by atoms with van der Waals surface area (Å²) in [6.45, 7) is 3.86. The van der Waals surface area contributed by atoms with Crippen molar-refractivity contribution in [1.29, 1.82) is 0 Å². The van der Waals surface area contributed by atoms with Crippen molar-refractivity contribution in [3.8, 4) is 0 Å². The van der Waals surface area contributed by atoms with Crippen LogP contribution in [0.15, 0.2) is 24.3 Å². The van der Waals surface area contributed by atoms with Gasteiger partial charge in [-0.3, -0.25) is 14.4 Å². The van der Waals surface area contributed by atoms with Gasteiger partial charge in [0.1, 0.15) is 11.2 Å². The number of rotatable bonds is 3. The molecular weight excluding hydrogens is 285 g/mol. The molecule has 1 amide bonds. The van der Waals surface area contributed by atoms with E-state index in [1.54, 1.807) is 12.1 Å².